The molecular weight excluding hydrogens is 269 g/mol. The maximum absolute atomic E-state index is 13.6. The molecule has 2 N–H and O–H groups in total. The van der Waals surface area contributed by atoms with E-state index in [0.717, 1.165) is 11.3 Å². The van der Waals surface area contributed by atoms with Crippen LogP contribution in [0.15, 0.2) is 30.3 Å². The van der Waals surface area contributed by atoms with Gasteiger partial charge in [-0.3, -0.25) is 0 Å². The summed E-state index contributed by atoms with van der Waals surface area (Å²) in [6, 6.07) is 8.50. The van der Waals surface area contributed by atoms with Crippen molar-refractivity contribution in [2.24, 2.45) is 5.73 Å². The summed E-state index contributed by atoms with van der Waals surface area (Å²) in [4.78, 5) is 2.39. The van der Waals surface area contributed by atoms with Crippen molar-refractivity contribution in [1.29, 1.82) is 0 Å². The summed E-state index contributed by atoms with van der Waals surface area (Å²) in [6.07, 6.45) is 1.47. The van der Waals surface area contributed by atoms with E-state index < -0.39 is 0 Å². The van der Waals surface area contributed by atoms with Gasteiger partial charge in [0.05, 0.1) is 0 Å². The lowest BCUT2D eigenvalue weighted by Crippen LogP contribution is -2.12. The second-order valence-electron chi connectivity index (χ2n) is 4.20. The predicted molar refractivity (Wildman–Crippen MR) is 75.7 cm³/mol. The molecule has 0 saturated carbocycles. The van der Waals surface area contributed by atoms with Crippen molar-refractivity contribution in [2.45, 2.75) is 25.8 Å². The van der Waals surface area contributed by atoms with Gasteiger partial charge in [0, 0.05) is 20.8 Å². The fourth-order valence-corrected chi connectivity index (χ4v) is 2.97. The number of hydrogen-bond acceptors (Lipinski definition) is 2. The number of halogens is 2. The fraction of sp³-hybridized carbons (Fsp3) is 0.286. The van der Waals surface area contributed by atoms with E-state index in [1.807, 2.05) is 6.07 Å². The van der Waals surface area contributed by atoms with E-state index in [2.05, 4.69) is 13.0 Å². The number of nitrogens with two attached hydrogens (primary N) is 1. The Morgan fingerprint density at radius 2 is 2.11 bits per heavy atom. The summed E-state index contributed by atoms with van der Waals surface area (Å²) in [5.74, 6) is -0.248. The smallest absolute Gasteiger partial charge is 0.126 e. The van der Waals surface area contributed by atoms with Crippen molar-refractivity contribution in [3.05, 3.63) is 56.5 Å². The zero-order valence-electron chi connectivity index (χ0n) is 10.1. The Kier molecular flexibility index (Phi) is 4.38. The van der Waals surface area contributed by atoms with E-state index in [9.17, 15) is 4.39 Å². The van der Waals surface area contributed by atoms with Crippen molar-refractivity contribution < 1.29 is 4.39 Å². The van der Waals surface area contributed by atoms with Gasteiger partial charge in [-0.05, 0) is 48.7 Å². The van der Waals surface area contributed by atoms with E-state index in [1.54, 1.807) is 23.5 Å². The summed E-state index contributed by atoms with van der Waals surface area (Å²) >= 11 is 7.56. The van der Waals surface area contributed by atoms with Gasteiger partial charge in [-0.2, -0.15) is 0 Å². The first-order chi connectivity index (χ1) is 8.60. The highest BCUT2D eigenvalue weighted by molar-refractivity contribution is 7.12. The quantitative estimate of drug-likeness (QED) is 0.887. The first-order valence-electron chi connectivity index (χ1n) is 5.88. The molecule has 2 aromatic rings. The first kappa shape index (κ1) is 13.5. The van der Waals surface area contributed by atoms with Crippen LogP contribution in [-0.4, -0.2) is 0 Å². The first-order valence-corrected chi connectivity index (χ1v) is 7.07. The van der Waals surface area contributed by atoms with E-state index in [-0.39, 0.29) is 11.9 Å². The van der Waals surface area contributed by atoms with Gasteiger partial charge in [0.2, 0.25) is 0 Å². The normalized spacial score (nSPS) is 12.7. The second-order valence-corrected chi connectivity index (χ2v) is 5.84. The number of aryl methyl sites for hydroxylation is 1. The van der Waals surface area contributed by atoms with Gasteiger partial charge in [-0.25, -0.2) is 4.39 Å². The molecule has 1 heterocycles. The largest absolute Gasteiger partial charge is 0.323 e. The van der Waals surface area contributed by atoms with Crippen LogP contribution in [0.2, 0.25) is 5.02 Å². The summed E-state index contributed by atoms with van der Waals surface area (Å²) in [7, 11) is 0. The molecule has 0 spiro atoms. The van der Waals surface area contributed by atoms with Crippen molar-refractivity contribution in [3.8, 4) is 0 Å². The average Bonchev–Trinajstić information content (AvgIpc) is 2.82. The van der Waals surface area contributed by atoms with Crippen LogP contribution in [0.25, 0.3) is 0 Å². The molecule has 0 saturated heterocycles. The standard InChI is InChI=1S/C14H15ClFNS/c1-2-11-4-6-14(18-11)13(17)8-9-7-10(15)3-5-12(9)16/h3-7,13H,2,8,17H2,1H3. The van der Waals surface area contributed by atoms with Crippen LogP contribution in [0.1, 0.15) is 28.3 Å². The molecule has 4 heteroatoms. The molecule has 1 aromatic heterocycles. The Balaban J connectivity index is 2.15. The Morgan fingerprint density at radius 3 is 2.78 bits per heavy atom. The highest BCUT2D eigenvalue weighted by atomic mass is 35.5. The molecule has 1 nitrogen and oxygen atoms in total. The summed E-state index contributed by atoms with van der Waals surface area (Å²) in [6.45, 7) is 2.11. The highest BCUT2D eigenvalue weighted by Gasteiger charge is 2.12. The maximum atomic E-state index is 13.6. The molecule has 0 radical (unpaired) electrons. The predicted octanol–water partition coefficient (Wildman–Crippen LogP) is 4.35. The SMILES string of the molecule is CCc1ccc(C(N)Cc2cc(Cl)ccc2F)s1. The van der Waals surface area contributed by atoms with Crippen molar-refractivity contribution in [1.82, 2.24) is 0 Å². The fourth-order valence-electron chi connectivity index (χ4n) is 1.82. The molecule has 0 aliphatic carbocycles. The van der Waals surface area contributed by atoms with Crippen LogP contribution < -0.4 is 5.73 Å². The second kappa shape index (κ2) is 5.83. The van der Waals surface area contributed by atoms with Crippen LogP contribution in [0.5, 0.6) is 0 Å². The molecule has 1 unspecified atom stereocenters. The summed E-state index contributed by atoms with van der Waals surface area (Å²) in [5.41, 5.74) is 6.69. The average molecular weight is 284 g/mol. The molecule has 0 aliphatic heterocycles. The van der Waals surface area contributed by atoms with Gasteiger partial charge in [-0.1, -0.05) is 18.5 Å². The highest BCUT2D eigenvalue weighted by Crippen LogP contribution is 2.26. The lowest BCUT2D eigenvalue weighted by molar-refractivity contribution is 0.595. The third-order valence-electron chi connectivity index (χ3n) is 2.84. The number of rotatable bonds is 4. The van der Waals surface area contributed by atoms with Gasteiger partial charge < -0.3 is 5.73 Å². The van der Waals surface area contributed by atoms with Gasteiger partial charge in [0.25, 0.3) is 0 Å². The monoisotopic (exact) mass is 283 g/mol. The lowest BCUT2D eigenvalue weighted by atomic mass is 10.0. The molecule has 18 heavy (non-hydrogen) atoms. The van der Waals surface area contributed by atoms with Gasteiger partial charge in [0.15, 0.2) is 0 Å². The molecule has 1 atom stereocenters. The molecule has 2 rings (SSSR count). The minimum Gasteiger partial charge on any atom is -0.323 e. The number of hydrogen-bond donors (Lipinski definition) is 1. The lowest BCUT2D eigenvalue weighted by Gasteiger charge is -2.10. The molecule has 1 aromatic carbocycles. The molecule has 0 fully saturated rings. The third kappa shape index (κ3) is 3.10. The van der Waals surface area contributed by atoms with E-state index >= 15 is 0 Å². The maximum Gasteiger partial charge on any atom is 0.126 e. The third-order valence-corrected chi connectivity index (χ3v) is 4.44. The zero-order chi connectivity index (χ0) is 13.1. The Labute approximate surface area is 115 Å². The van der Waals surface area contributed by atoms with E-state index in [1.165, 1.54) is 10.9 Å². The summed E-state index contributed by atoms with van der Waals surface area (Å²) < 4.78 is 13.6. The molecule has 96 valence electrons. The van der Waals surface area contributed by atoms with Crippen molar-refractivity contribution in [3.63, 3.8) is 0 Å². The molecule has 0 amide bonds. The van der Waals surface area contributed by atoms with Crippen LogP contribution >= 0.6 is 22.9 Å². The van der Waals surface area contributed by atoms with Gasteiger partial charge in [0.1, 0.15) is 5.82 Å². The van der Waals surface area contributed by atoms with Crippen LogP contribution in [0.3, 0.4) is 0 Å². The number of benzene rings is 1. The van der Waals surface area contributed by atoms with Crippen molar-refractivity contribution in [2.75, 3.05) is 0 Å². The molecule has 0 aliphatic rings. The number of thiophene rings is 1. The van der Waals surface area contributed by atoms with Gasteiger partial charge in [-0.15, -0.1) is 11.3 Å². The van der Waals surface area contributed by atoms with Crippen LogP contribution in [0.4, 0.5) is 4.39 Å². The van der Waals surface area contributed by atoms with Gasteiger partial charge >= 0.3 is 0 Å². The van der Waals surface area contributed by atoms with Crippen molar-refractivity contribution >= 4 is 22.9 Å². The topological polar surface area (TPSA) is 26.0 Å². The molecular formula is C14H15ClFNS. The van der Waals surface area contributed by atoms with E-state index in [4.69, 9.17) is 17.3 Å². The minimum absolute atomic E-state index is 0.178. The summed E-state index contributed by atoms with van der Waals surface area (Å²) in [5, 5.41) is 0.541. The Hall–Kier alpha value is -0.900. The zero-order valence-corrected chi connectivity index (χ0v) is 11.7. The Bertz CT molecular complexity index is 538. The Morgan fingerprint density at radius 1 is 1.33 bits per heavy atom. The van der Waals surface area contributed by atoms with E-state index in [0.29, 0.717) is 17.0 Å². The van der Waals surface area contributed by atoms with Crippen LogP contribution in [0, 0.1) is 5.82 Å². The minimum atomic E-state index is -0.248. The van der Waals surface area contributed by atoms with Crippen LogP contribution in [-0.2, 0) is 12.8 Å². The molecule has 0 bridgehead atoms.